The summed E-state index contributed by atoms with van der Waals surface area (Å²) in [5, 5.41) is 0. The first-order valence-electron chi connectivity index (χ1n) is 10.4. The number of hydrogen-bond acceptors (Lipinski definition) is 4. The van der Waals surface area contributed by atoms with Crippen molar-refractivity contribution in [2.75, 3.05) is 39.3 Å². The zero-order valence-corrected chi connectivity index (χ0v) is 17.7. The molecular weight excluding hydrogens is 366 g/mol. The van der Waals surface area contributed by atoms with Crippen LogP contribution in [0.3, 0.4) is 0 Å². The van der Waals surface area contributed by atoms with Crippen molar-refractivity contribution in [1.29, 1.82) is 0 Å². The summed E-state index contributed by atoms with van der Waals surface area (Å²) < 4.78 is 5.55. The topological polar surface area (TPSA) is 57.0 Å². The highest BCUT2D eigenvalue weighted by molar-refractivity contribution is 5.95. The number of piperazine rings is 1. The summed E-state index contributed by atoms with van der Waals surface area (Å²) >= 11 is 0. The predicted molar refractivity (Wildman–Crippen MR) is 113 cm³/mol. The van der Waals surface area contributed by atoms with E-state index in [0.29, 0.717) is 30.8 Å². The van der Waals surface area contributed by atoms with Crippen LogP contribution in [0, 0.1) is 13.8 Å². The molecule has 2 aromatic rings. The Morgan fingerprint density at radius 1 is 1.07 bits per heavy atom. The molecule has 2 heterocycles. The number of rotatable bonds is 7. The molecule has 2 amide bonds. The Labute approximate surface area is 173 Å². The number of likely N-dealkylation sites (N-methyl/N-ethyl adjacent to an activating group) is 1. The van der Waals surface area contributed by atoms with E-state index in [4.69, 9.17) is 4.42 Å². The van der Waals surface area contributed by atoms with Crippen molar-refractivity contribution in [3.05, 3.63) is 59.0 Å². The number of amides is 2. The highest BCUT2D eigenvalue weighted by atomic mass is 16.3. The highest BCUT2D eigenvalue weighted by Gasteiger charge is 2.24. The van der Waals surface area contributed by atoms with Crippen LogP contribution in [0.4, 0.5) is 0 Å². The van der Waals surface area contributed by atoms with Gasteiger partial charge in [-0.05, 0) is 32.0 Å². The van der Waals surface area contributed by atoms with Gasteiger partial charge in [0.1, 0.15) is 11.5 Å². The van der Waals surface area contributed by atoms with E-state index in [9.17, 15) is 9.59 Å². The second kappa shape index (κ2) is 9.74. The van der Waals surface area contributed by atoms with Crippen LogP contribution in [-0.2, 0) is 11.3 Å². The third-order valence-electron chi connectivity index (χ3n) is 5.54. The lowest BCUT2D eigenvalue weighted by molar-refractivity contribution is -0.133. The molecule has 3 rings (SSSR count). The number of hydrogen-bond donors (Lipinski definition) is 0. The van der Waals surface area contributed by atoms with Gasteiger partial charge in [-0.3, -0.25) is 9.59 Å². The molecule has 156 valence electrons. The second-order valence-corrected chi connectivity index (χ2v) is 7.60. The fraction of sp³-hybridized carbons (Fsp3) is 0.478. The Kier molecular flexibility index (Phi) is 7.09. The Balaban J connectivity index is 1.67. The molecule has 1 aliphatic heterocycles. The van der Waals surface area contributed by atoms with Crippen LogP contribution >= 0.6 is 0 Å². The number of carbonyl (C=O) groups is 2. The van der Waals surface area contributed by atoms with Crippen molar-refractivity contribution in [3.63, 3.8) is 0 Å². The van der Waals surface area contributed by atoms with Gasteiger partial charge < -0.3 is 19.1 Å². The lowest BCUT2D eigenvalue weighted by Gasteiger charge is -2.34. The minimum absolute atomic E-state index is 0.0909. The smallest absolute Gasteiger partial charge is 0.257 e. The summed E-state index contributed by atoms with van der Waals surface area (Å²) in [5.74, 6) is 1.36. The second-order valence-electron chi connectivity index (χ2n) is 7.60. The summed E-state index contributed by atoms with van der Waals surface area (Å²) in [6.45, 7) is 11.0. The van der Waals surface area contributed by atoms with Crippen LogP contribution in [0.1, 0.15) is 40.8 Å². The Morgan fingerprint density at radius 2 is 1.76 bits per heavy atom. The van der Waals surface area contributed by atoms with Gasteiger partial charge in [0.15, 0.2) is 0 Å². The van der Waals surface area contributed by atoms with Crippen molar-refractivity contribution in [3.8, 4) is 0 Å². The molecule has 0 unspecified atom stereocenters. The van der Waals surface area contributed by atoms with Gasteiger partial charge in [0.25, 0.3) is 5.91 Å². The standard InChI is InChI=1S/C23H31N3O3/c1-4-24-12-14-25(15-13-24)22(27)10-11-26(17-20-8-6-5-7-9-20)23(28)21-16-18(2)29-19(21)3/h5-9,16H,4,10-15,17H2,1-3H3. The first kappa shape index (κ1) is 21.1. The van der Waals surface area contributed by atoms with Crippen molar-refractivity contribution in [2.24, 2.45) is 0 Å². The number of furan rings is 1. The number of carbonyl (C=O) groups excluding carboxylic acids is 2. The van der Waals surface area contributed by atoms with Crippen LogP contribution < -0.4 is 0 Å². The summed E-state index contributed by atoms with van der Waals surface area (Å²) in [6.07, 6.45) is 0.334. The molecule has 0 N–H and O–H groups in total. The fourth-order valence-corrected chi connectivity index (χ4v) is 3.77. The maximum atomic E-state index is 13.2. The van der Waals surface area contributed by atoms with E-state index >= 15 is 0 Å². The highest BCUT2D eigenvalue weighted by Crippen LogP contribution is 2.18. The maximum absolute atomic E-state index is 13.2. The summed E-state index contributed by atoms with van der Waals surface area (Å²) in [5.41, 5.74) is 1.62. The minimum atomic E-state index is -0.0909. The summed E-state index contributed by atoms with van der Waals surface area (Å²) in [6, 6.07) is 11.7. The van der Waals surface area contributed by atoms with E-state index < -0.39 is 0 Å². The molecule has 0 radical (unpaired) electrons. The van der Waals surface area contributed by atoms with Gasteiger partial charge in [-0.1, -0.05) is 37.3 Å². The van der Waals surface area contributed by atoms with Crippen molar-refractivity contribution >= 4 is 11.8 Å². The molecule has 0 saturated carbocycles. The zero-order chi connectivity index (χ0) is 20.8. The van der Waals surface area contributed by atoms with Gasteiger partial charge in [-0.25, -0.2) is 0 Å². The molecule has 6 heteroatoms. The van der Waals surface area contributed by atoms with Gasteiger partial charge in [-0.15, -0.1) is 0 Å². The summed E-state index contributed by atoms with van der Waals surface area (Å²) in [4.78, 5) is 31.9. The van der Waals surface area contributed by atoms with Crippen LogP contribution in [0.25, 0.3) is 0 Å². The SMILES string of the molecule is CCN1CCN(C(=O)CCN(Cc2ccccc2)C(=O)c2cc(C)oc2C)CC1. The Morgan fingerprint density at radius 3 is 2.34 bits per heavy atom. The monoisotopic (exact) mass is 397 g/mol. The van der Waals surface area contributed by atoms with Gasteiger partial charge in [0, 0.05) is 45.7 Å². The van der Waals surface area contributed by atoms with E-state index in [1.54, 1.807) is 17.9 Å². The maximum Gasteiger partial charge on any atom is 0.257 e. The molecule has 1 aromatic heterocycles. The first-order valence-corrected chi connectivity index (χ1v) is 10.4. The quantitative estimate of drug-likeness (QED) is 0.720. The van der Waals surface area contributed by atoms with Crippen LogP contribution in [0.5, 0.6) is 0 Å². The molecule has 1 aromatic carbocycles. The average molecular weight is 398 g/mol. The normalized spacial score (nSPS) is 14.8. The van der Waals surface area contributed by atoms with Crippen molar-refractivity contribution in [2.45, 2.75) is 33.7 Å². The first-order chi connectivity index (χ1) is 14.0. The van der Waals surface area contributed by atoms with Crippen molar-refractivity contribution in [1.82, 2.24) is 14.7 Å². The molecule has 0 aliphatic carbocycles. The molecule has 29 heavy (non-hydrogen) atoms. The van der Waals surface area contributed by atoms with Gasteiger partial charge >= 0.3 is 0 Å². The lowest BCUT2D eigenvalue weighted by atomic mass is 10.1. The van der Waals surface area contributed by atoms with Gasteiger partial charge in [0.05, 0.1) is 5.56 Å². The molecule has 1 aliphatic rings. The molecule has 0 bridgehead atoms. The van der Waals surface area contributed by atoms with E-state index in [0.717, 1.165) is 44.0 Å². The molecule has 0 spiro atoms. The van der Waals surface area contributed by atoms with Crippen LogP contribution in [0.2, 0.25) is 0 Å². The molecule has 0 atom stereocenters. The van der Waals surface area contributed by atoms with E-state index in [1.165, 1.54) is 0 Å². The summed E-state index contributed by atoms with van der Waals surface area (Å²) in [7, 11) is 0. The van der Waals surface area contributed by atoms with Crippen molar-refractivity contribution < 1.29 is 14.0 Å². The fourth-order valence-electron chi connectivity index (χ4n) is 3.77. The number of nitrogens with zero attached hydrogens (tertiary/aromatic N) is 3. The number of aryl methyl sites for hydroxylation is 2. The van der Waals surface area contributed by atoms with E-state index in [-0.39, 0.29) is 11.8 Å². The molecular formula is C23H31N3O3. The van der Waals surface area contributed by atoms with Gasteiger partial charge in [-0.2, -0.15) is 0 Å². The third kappa shape index (κ3) is 5.48. The lowest BCUT2D eigenvalue weighted by Crippen LogP contribution is -2.49. The third-order valence-corrected chi connectivity index (χ3v) is 5.54. The average Bonchev–Trinajstić information content (AvgIpc) is 3.09. The molecule has 1 saturated heterocycles. The zero-order valence-electron chi connectivity index (χ0n) is 17.7. The van der Waals surface area contributed by atoms with Gasteiger partial charge in [0.2, 0.25) is 5.91 Å². The predicted octanol–water partition coefficient (Wildman–Crippen LogP) is 3.09. The number of benzene rings is 1. The van der Waals surface area contributed by atoms with Crippen LogP contribution in [-0.4, -0.2) is 65.8 Å². The molecule has 6 nitrogen and oxygen atoms in total. The minimum Gasteiger partial charge on any atom is -0.466 e. The van der Waals surface area contributed by atoms with E-state index in [2.05, 4.69) is 11.8 Å². The Bertz CT molecular complexity index is 823. The van der Waals surface area contributed by atoms with E-state index in [1.807, 2.05) is 42.2 Å². The van der Waals surface area contributed by atoms with Crippen LogP contribution in [0.15, 0.2) is 40.8 Å². The largest absolute Gasteiger partial charge is 0.466 e. The molecule has 1 fully saturated rings. The Hall–Kier alpha value is -2.60.